The molecule has 0 radical (unpaired) electrons. The van der Waals surface area contributed by atoms with Gasteiger partial charge in [-0.2, -0.15) is 12.6 Å². The highest BCUT2D eigenvalue weighted by Gasteiger charge is 2.35. The van der Waals surface area contributed by atoms with Gasteiger partial charge in [0.1, 0.15) is 11.0 Å². The van der Waals surface area contributed by atoms with Crippen molar-refractivity contribution in [2.45, 2.75) is 11.2 Å². The van der Waals surface area contributed by atoms with Crippen LogP contribution in [0.25, 0.3) is 0 Å². The van der Waals surface area contributed by atoms with Gasteiger partial charge in [-0.3, -0.25) is 4.79 Å². The molecular formula is C16H14O2S. The van der Waals surface area contributed by atoms with Crippen LogP contribution in [0.2, 0.25) is 0 Å². The summed E-state index contributed by atoms with van der Waals surface area (Å²) in [7, 11) is 0. The standard InChI is InChI=1S/C16H14O2S/c17-12-16(19,11-13-7-3-1-4-8-13)15(18)14-9-5-2-6-10-14/h1-10,12,19H,11H2. The van der Waals surface area contributed by atoms with Crippen molar-refractivity contribution in [3.63, 3.8) is 0 Å². The average molecular weight is 270 g/mol. The zero-order valence-corrected chi connectivity index (χ0v) is 11.2. The van der Waals surface area contributed by atoms with Gasteiger partial charge >= 0.3 is 0 Å². The number of hydrogen-bond donors (Lipinski definition) is 1. The lowest BCUT2D eigenvalue weighted by atomic mass is 9.91. The molecule has 96 valence electrons. The van der Waals surface area contributed by atoms with Gasteiger partial charge < -0.3 is 4.79 Å². The molecule has 2 nitrogen and oxygen atoms in total. The molecule has 0 fully saturated rings. The molecule has 1 unspecified atom stereocenters. The highest BCUT2D eigenvalue weighted by Crippen LogP contribution is 2.23. The molecule has 0 N–H and O–H groups in total. The van der Waals surface area contributed by atoms with Crippen molar-refractivity contribution < 1.29 is 9.59 Å². The van der Waals surface area contributed by atoms with E-state index in [4.69, 9.17) is 0 Å². The summed E-state index contributed by atoms with van der Waals surface area (Å²) in [5.74, 6) is -0.268. The van der Waals surface area contributed by atoms with Crippen LogP contribution in [0.3, 0.4) is 0 Å². The first-order chi connectivity index (χ1) is 9.15. The van der Waals surface area contributed by atoms with E-state index >= 15 is 0 Å². The Kier molecular flexibility index (Phi) is 4.17. The molecule has 0 aliphatic rings. The molecule has 3 heteroatoms. The Labute approximate surface area is 117 Å². The van der Waals surface area contributed by atoms with Crippen molar-refractivity contribution in [3.8, 4) is 0 Å². The van der Waals surface area contributed by atoms with Gasteiger partial charge in [0.05, 0.1) is 0 Å². The highest BCUT2D eigenvalue weighted by molar-refractivity contribution is 7.83. The van der Waals surface area contributed by atoms with Gasteiger partial charge in [-0.1, -0.05) is 60.7 Å². The van der Waals surface area contributed by atoms with Crippen molar-refractivity contribution in [1.29, 1.82) is 0 Å². The molecule has 0 heterocycles. The minimum absolute atomic E-state index is 0.268. The van der Waals surface area contributed by atoms with E-state index in [0.29, 0.717) is 11.8 Å². The summed E-state index contributed by atoms with van der Waals surface area (Å²) < 4.78 is -1.32. The lowest BCUT2D eigenvalue weighted by molar-refractivity contribution is -0.108. The first kappa shape index (κ1) is 13.6. The summed E-state index contributed by atoms with van der Waals surface area (Å²) in [5.41, 5.74) is 1.41. The molecule has 0 aliphatic heterocycles. The van der Waals surface area contributed by atoms with Crippen LogP contribution in [0.15, 0.2) is 60.7 Å². The monoisotopic (exact) mass is 270 g/mol. The first-order valence-corrected chi connectivity index (χ1v) is 6.43. The normalized spacial score (nSPS) is 13.5. The molecule has 2 rings (SSSR count). The van der Waals surface area contributed by atoms with E-state index in [2.05, 4.69) is 12.6 Å². The van der Waals surface area contributed by atoms with E-state index in [-0.39, 0.29) is 12.2 Å². The van der Waals surface area contributed by atoms with Crippen LogP contribution in [-0.2, 0) is 11.2 Å². The molecular weight excluding hydrogens is 256 g/mol. The summed E-state index contributed by atoms with van der Waals surface area (Å²) >= 11 is 4.32. The van der Waals surface area contributed by atoms with Crippen LogP contribution >= 0.6 is 12.6 Å². The summed E-state index contributed by atoms with van der Waals surface area (Å²) in [6.07, 6.45) is 0.909. The molecule has 1 atom stereocenters. The maximum atomic E-state index is 12.4. The maximum absolute atomic E-state index is 12.4. The number of hydrogen-bond acceptors (Lipinski definition) is 3. The lowest BCUT2D eigenvalue weighted by Gasteiger charge is -2.20. The van der Waals surface area contributed by atoms with Crippen molar-refractivity contribution in [1.82, 2.24) is 0 Å². The zero-order chi connectivity index (χ0) is 13.7. The number of benzene rings is 2. The largest absolute Gasteiger partial charge is 0.301 e. The number of rotatable bonds is 5. The third kappa shape index (κ3) is 3.12. The number of thiol groups is 1. The summed E-state index contributed by atoms with van der Waals surface area (Å²) in [5, 5.41) is 0. The molecule has 0 amide bonds. The number of ketones is 1. The third-order valence-corrected chi connectivity index (χ3v) is 3.41. The highest BCUT2D eigenvalue weighted by atomic mass is 32.1. The topological polar surface area (TPSA) is 34.1 Å². The fourth-order valence-electron chi connectivity index (χ4n) is 1.92. The van der Waals surface area contributed by atoms with Gasteiger partial charge in [-0.15, -0.1) is 0 Å². The molecule has 0 saturated heterocycles. The van der Waals surface area contributed by atoms with Crippen LogP contribution in [0.4, 0.5) is 0 Å². The minimum Gasteiger partial charge on any atom is -0.301 e. The number of carbonyl (C=O) groups is 2. The second-order valence-corrected chi connectivity index (χ2v) is 5.20. The predicted octanol–water partition coefficient (Wildman–Crippen LogP) is 2.98. The van der Waals surface area contributed by atoms with Crippen LogP contribution in [0.1, 0.15) is 15.9 Å². The van der Waals surface area contributed by atoms with Gasteiger partial charge in [-0.05, 0) is 5.56 Å². The van der Waals surface area contributed by atoms with Gasteiger partial charge in [0.2, 0.25) is 0 Å². The molecule has 0 bridgehead atoms. The molecule has 0 aromatic heterocycles. The Hall–Kier alpha value is -1.87. The lowest BCUT2D eigenvalue weighted by Crippen LogP contribution is -2.37. The quantitative estimate of drug-likeness (QED) is 0.392. The van der Waals surface area contributed by atoms with Gasteiger partial charge in [-0.25, -0.2) is 0 Å². The summed E-state index contributed by atoms with van der Waals surface area (Å²) in [6, 6.07) is 18.2. The van der Waals surface area contributed by atoms with E-state index in [1.807, 2.05) is 36.4 Å². The first-order valence-electron chi connectivity index (χ1n) is 5.98. The van der Waals surface area contributed by atoms with E-state index < -0.39 is 4.75 Å². The molecule has 2 aromatic rings. The summed E-state index contributed by atoms with van der Waals surface area (Å²) in [4.78, 5) is 23.7. The van der Waals surface area contributed by atoms with Gasteiger partial charge in [0.15, 0.2) is 5.78 Å². The second kappa shape index (κ2) is 5.85. The van der Waals surface area contributed by atoms with E-state index in [1.54, 1.807) is 24.3 Å². The maximum Gasteiger partial charge on any atom is 0.186 e. The molecule has 0 aliphatic carbocycles. The molecule has 0 spiro atoms. The van der Waals surface area contributed by atoms with Crippen molar-refractivity contribution in [2.75, 3.05) is 0 Å². The van der Waals surface area contributed by atoms with Gasteiger partial charge in [0.25, 0.3) is 0 Å². The van der Waals surface area contributed by atoms with E-state index in [9.17, 15) is 9.59 Å². The van der Waals surface area contributed by atoms with Crippen molar-refractivity contribution in [2.24, 2.45) is 0 Å². The molecule has 19 heavy (non-hydrogen) atoms. The minimum atomic E-state index is -1.32. The smallest absolute Gasteiger partial charge is 0.186 e. The van der Waals surface area contributed by atoms with Crippen LogP contribution in [0, 0.1) is 0 Å². The van der Waals surface area contributed by atoms with Crippen molar-refractivity contribution >= 4 is 24.7 Å². The van der Waals surface area contributed by atoms with Crippen LogP contribution < -0.4 is 0 Å². The SMILES string of the molecule is O=CC(S)(Cc1ccccc1)C(=O)c1ccccc1. The van der Waals surface area contributed by atoms with Crippen molar-refractivity contribution in [3.05, 3.63) is 71.8 Å². The fraction of sp³-hybridized carbons (Fsp3) is 0.125. The Morgan fingerprint density at radius 1 is 1.00 bits per heavy atom. The number of carbonyl (C=O) groups excluding carboxylic acids is 2. The molecule has 2 aromatic carbocycles. The Morgan fingerprint density at radius 2 is 1.53 bits per heavy atom. The van der Waals surface area contributed by atoms with Gasteiger partial charge in [0, 0.05) is 12.0 Å². The predicted molar refractivity (Wildman–Crippen MR) is 78.7 cm³/mol. The summed E-state index contributed by atoms with van der Waals surface area (Å²) in [6.45, 7) is 0. The fourth-order valence-corrected chi connectivity index (χ4v) is 2.23. The average Bonchev–Trinajstić information content (AvgIpc) is 2.48. The van der Waals surface area contributed by atoms with Crippen LogP contribution in [-0.4, -0.2) is 16.8 Å². The zero-order valence-electron chi connectivity index (χ0n) is 10.3. The van der Waals surface area contributed by atoms with E-state index in [1.165, 1.54) is 0 Å². The Balaban J connectivity index is 2.28. The number of aldehydes is 1. The van der Waals surface area contributed by atoms with E-state index in [0.717, 1.165) is 5.56 Å². The Bertz CT molecular complexity index is 566. The number of Topliss-reactive ketones (excluding diaryl/α,β-unsaturated/α-hetero) is 1. The Morgan fingerprint density at radius 3 is 2.05 bits per heavy atom. The van der Waals surface area contributed by atoms with Crippen LogP contribution in [0.5, 0.6) is 0 Å². The second-order valence-electron chi connectivity index (χ2n) is 4.40. The molecule has 0 saturated carbocycles. The third-order valence-electron chi connectivity index (χ3n) is 2.94.